The van der Waals surface area contributed by atoms with Gasteiger partial charge in [0.2, 0.25) is 0 Å². The summed E-state index contributed by atoms with van der Waals surface area (Å²) in [5.41, 5.74) is 0.463. The van der Waals surface area contributed by atoms with Gasteiger partial charge in [0, 0.05) is 32.8 Å². The third kappa shape index (κ3) is 6.15. The molecule has 24 heavy (non-hydrogen) atoms. The number of ether oxygens (including phenoxy) is 1. The minimum absolute atomic E-state index is 0.0896. The lowest BCUT2D eigenvalue weighted by Crippen LogP contribution is -2.41. The molecule has 1 N–H and O–H groups in total. The minimum atomic E-state index is -4.25. The summed E-state index contributed by atoms with van der Waals surface area (Å²) in [6.45, 7) is 4.32. The van der Waals surface area contributed by atoms with Crippen LogP contribution in [0.1, 0.15) is 51.9 Å². The van der Waals surface area contributed by atoms with E-state index in [2.05, 4.69) is 19.9 Å². The summed E-state index contributed by atoms with van der Waals surface area (Å²) in [6.07, 6.45) is 4.13. The Balaban J connectivity index is 1.76. The number of nitrogens with one attached hydrogen (secondary N) is 1. The number of rotatable bonds is 6. The van der Waals surface area contributed by atoms with Crippen molar-refractivity contribution in [3.8, 4) is 0 Å². The zero-order chi connectivity index (χ0) is 17.5. The van der Waals surface area contributed by atoms with Crippen molar-refractivity contribution < 1.29 is 17.9 Å². The minimum Gasteiger partial charge on any atom is -0.372 e. The average molecular weight is 349 g/mol. The zero-order valence-corrected chi connectivity index (χ0v) is 14.6. The molecule has 0 aromatic heterocycles. The molecule has 1 aliphatic carbocycles. The van der Waals surface area contributed by atoms with Gasteiger partial charge in [0.15, 0.2) is 5.96 Å². The van der Waals surface area contributed by atoms with Gasteiger partial charge in [0.25, 0.3) is 0 Å². The molecule has 0 unspecified atom stereocenters. The summed E-state index contributed by atoms with van der Waals surface area (Å²) in [5, 5.41) is 3.32. The van der Waals surface area contributed by atoms with E-state index in [1.165, 1.54) is 38.5 Å². The SMILES string of the molecule is CCNC(=NCCCOCC(F)(F)F)N1CCC2(CCCCC2)C1. The number of hydrogen-bond acceptors (Lipinski definition) is 2. The molecular formula is C17H30F3N3O. The summed E-state index contributed by atoms with van der Waals surface area (Å²) in [7, 11) is 0. The molecule has 1 spiro atoms. The van der Waals surface area contributed by atoms with Gasteiger partial charge in [-0.3, -0.25) is 4.99 Å². The molecule has 0 atom stereocenters. The molecule has 4 nitrogen and oxygen atoms in total. The average Bonchev–Trinajstić information content (AvgIpc) is 2.92. The number of aliphatic imine (C=N–C) groups is 1. The van der Waals surface area contributed by atoms with Crippen molar-refractivity contribution in [1.82, 2.24) is 10.2 Å². The Labute approximate surface area is 142 Å². The molecule has 0 bridgehead atoms. The third-order valence-corrected chi connectivity index (χ3v) is 4.96. The number of likely N-dealkylation sites (tertiary alicyclic amines) is 1. The van der Waals surface area contributed by atoms with Crippen molar-refractivity contribution in [2.75, 3.05) is 39.4 Å². The van der Waals surface area contributed by atoms with E-state index in [9.17, 15) is 13.2 Å². The quantitative estimate of drug-likeness (QED) is 0.452. The van der Waals surface area contributed by atoms with E-state index in [-0.39, 0.29) is 6.61 Å². The van der Waals surface area contributed by atoms with Gasteiger partial charge in [0.1, 0.15) is 6.61 Å². The van der Waals surface area contributed by atoms with Crippen LogP contribution in [0.5, 0.6) is 0 Å². The van der Waals surface area contributed by atoms with Gasteiger partial charge < -0.3 is 15.0 Å². The number of hydrogen-bond donors (Lipinski definition) is 1. The Hall–Kier alpha value is -0.980. The molecular weight excluding hydrogens is 319 g/mol. The van der Waals surface area contributed by atoms with Crippen molar-refractivity contribution in [3.05, 3.63) is 0 Å². The number of alkyl halides is 3. The van der Waals surface area contributed by atoms with Gasteiger partial charge in [-0.15, -0.1) is 0 Å². The first-order valence-electron chi connectivity index (χ1n) is 9.12. The van der Waals surface area contributed by atoms with E-state index in [0.717, 1.165) is 25.6 Å². The van der Waals surface area contributed by atoms with Crippen LogP contribution in [0, 0.1) is 5.41 Å². The van der Waals surface area contributed by atoms with Crippen molar-refractivity contribution in [1.29, 1.82) is 0 Å². The summed E-state index contributed by atoms with van der Waals surface area (Å²) < 4.78 is 40.6. The molecule has 1 saturated heterocycles. The lowest BCUT2D eigenvalue weighted by Gasteiger charge is -2.33. The van der Waals surface area contributed by atoms with Gasteiger partial charge in [-0.1, -0.05) is 19.3 Å². The highest BCUT2D eigenvalue weighted by molar-refractivity contribution is 5.80. The maximum absolute atomic E-state index is 12.0. The molecule has 1 aliphatic heterocycles. The molecule has 2 fully saturated rings. The topological polar surface area (TPSA) is 36.9 Å². The molecule has 0 aromatic rings. The monoisotopic (exact) mass is 349 g/mol. The van der Waals surface area contributed by atoms with E-state index in [4.69, 9.17) is 0 Å². The Morgan fingerprint density at radius 1 is 1.21 bits per heavy atom. The van der Waals surface area contributed by atoms with E-state index >= 15 is 0 Å². The van der Waals surface area contributed by atoms with Gasteiger partial charge in [-0.25, -0.2) is 0 Å². The highest BCUT2D eigenvalue weighted by Crippen LogP contribution is 2.43. The molecule has 2 aliphatic rings. The molecule has 7 heteroatoms. The molecule has 1 saturated carbocycles. The maximum atomic E-state index is 12.0. The lowest BCUT2D eigenvalue weighted by molar-refractivity contribution is -0.173. The third-order valence-electron chi connectivity index (χ3n) is 4.96. The van der Waals surface area contributed by atoms with E-state index < -0.39 is 12.8 Å². The fourth-order valence-electron chi connectivity index (χ4n) is 3.79. The normalized spacial score (nSPS) is 21.5. The van der Waals surface area contributed by atoms with Gasteiger partial charge in [-0.2, -0.15) is 13.2 Å². The molecule has 1 heterocycles. The smallest absolute Gasteiger partial charge is 0.372 e. The van der Waals surface area contributed by atoms with Crippen LogP contribution in [0.25, 0.3) is 0 Å². The van der Waals surface area contributed by atoms with Crippen LogP contribution >= 0.6 is 0 Å². The zero-order valence-electron chi connectivity index (χ0n) is 14.6. The fourth-order valence-corrected chi connectivity index (χ4v) is 3.79. The first-order valence-corrected chi connectivity index (χ1v) is 9.12. The summed E-state index contributed by atoms with van der Waals surface area (Å²) in [5.74, 6) is 0.899. The predicted molar refractivity (Wildman–Crippen MR) is 89.2 cm³/mol. The number of halogens is 3. The van der Waals surface area contributed by atoms with Gasteiger partial charge >= 0.3 is 6.18 Å². The number of nitrogens with zero attached hydrogens (tertiary/aromatic N) is 2. The summed E-state index contributed by atoms with van der Waals surface area (Å²) in [6, 6.07) is 0. The number of guanidine groups is 1. The largest absolute Gasteiger partial charge is 0.411 e. The van der Waals surface area contributed by atoms with Gasteiger partial charge in [-0.05, 0) is 38.0 Å². The molecule has 2 rings (SSSR count). The second-order valence-electron chi connectivity index (χ2n) is 6.99. The van der Waals surface area contributed by atoms with Crippen molar-refractivity contribution in [3.63, 3.8) is 0 Å². The Morgan fingerprint density at radius 3 is 2.62 bits per heavy atom. The van der Waals surface area contributed by atoms with Crippen LogP contribution < -0.4 is 5.32 Å². The van der Waals surface area contributed by atoms with Crippen molar-refractivity contribution >= 4 is 5.96 Å². The second kappa shape index (κ2) is 8.92. The molecule has 0 radical (unpaired) electrons. The molecule has 0 amide bonds. The van der Waals surface area contributed by atoms with Crippen LogP contribution in [0.15, 0.2) is 4.99 Å². The predicted octanol–water partition coefficient (Wildman–Crippen LogP) is 3.58. The standard InChI is InChI=1S/C17H30F3N3O/c1-2-21-15(22-10-6-12-24-14-17(18,19)20)23-11-9-16(13-23)7-4-3-5-8-16/h2-14H2,1H3,(H,21,22). The Kier molecular flexibility index (Phi) is 7.19. The van der Waals surface area contributed by atoms with E-state index in [1.807, 2.05) is 6.92 Å². The highest BCUT2D eigenvalue weighted by Gasteiger charge is 2.39. The highest BCUT2D eigenvalue weighted by atomic mass is 19.4. The van der Waals surface area contributed by atoms with Crippen molar-refractivity contribution in [2.45, 2.75) is 58.0 Å². The Bertz CT molecular complexity index is 406. The van der Waals surface area contributed by atoms with Crippen molar-refractivity contribution in [2.24, 2.45) is 10.4 Å². The van der Waals surface area contributed by atoms with Crippen LogP contribution in [0.4, 0.5) is 13.2 Å². The van der Waals surface area contributed by atoms with Crippen LogP contribution in [-0.2, 0) is 4.74 Å². The summed E-state index contributed by atoms with van der Waals surface area (Å²) >= 11 is 0. The van der Waals surface area contributed by atoms with Crippen LogP contribution in [-0.4, -0.2) is 56.4 Å². The first kappa shape index (κ1) is 19.3. The van der Waals surface area contributed by atoms with E-state index in [0.29, 0.717) is 18.4 Å². The fraction of sp³-hybridized carbons (Fsp3) is 0.941. The van der Waals surface area contributed by atoms with Crippen LogP contribution in [0.2, 0.25) is 0 Å². The molecule has 140 valence electrons. The first-order chi connectivity index (χ1) is 11.4. The van der Waals surface area contributed by atoms with Crippen LogP contribution in [0.3, 0.4) is 0 Å². The Morgan fingerprint density at radius 2 is 1.96 bits per heavy atom. The summed E-state index contributed by atoms with van der Waals surface area (Å²) in [4.78, 5) is 6.90. The van der Waals surface area contributed by atoms with E-state index in [1.54, 1.807) is 0 Å². The van der Waals surface area contributed by atoms with Gasteiger partial charge in [0.05, 0.1) is 0 Å². The lowest BCUT2D eigenvalue weighted by atomic mass is 9.73. The second-order valence-corrected chi connectivity index (χ2v) is 6.99. The molecule has 0 aromatic carbocycles. The maximum Gasteiger partial charge on any atom is 0.411 e.